The van der Waals surface area contributed by atoms with Crippen molar-refractivity contribution in [2.75, 3.05) is 18.5 Å². The van der Waals surface area contributed by atoms with Crippen molar-refractivity contribution in [3.05, 3.63) is 23.8 Å². The summed E-state index contributed by atoms with van der Waals surface area (Å²) in [5.74, 6) is -1.19. The number of hydrogen-bond acceptors (Lipinski definition) is 5. The number of anilines is 1. The first kappa shape index (κ1) is 19.4. The van der Waals surface area contributed by atoms with Crippen LogP contribution < -0.4 is 10.0 Å². The molecule has 1 atom stereocenters. The molecule has 0 heterocycles. The van der Waals surface area contributed by atoms with Gasteiger partial charge < -0.3 is 15.5 Å². The zero-order chi connectivity index (χ0) is 17.5. The van der Waals surface area contributed by atoms with Crippen LogP contribution in [-0.4, -0.2) is 43.8 Å². The van der Waals surface area contributed by atoms with Crippen LogP contribution in [0.15, 0.2) is 23.1 Å². The number of carbonyl (C=O) groups is 1. The molecular formula is C15H24N2O5S. The summed E-state index contributed by atoms with van der Waals surface area (Å²) in [5.41, 5.74) is 0.223. The van der Waals surface area contributed by atoms with E-state index in [0.717, 1.165) is 12.5 Å². The Kier molecular flexibility index (Phi) is 7.47. The van der Waals surface area contributed by atoms with Crippen molar-refractivity contribution in [1.29, 1.82) is 0 Å². The first-order valence-corrected chi connectivity index (χ1v) is 9.04. The molecule has 7 nitrogen and oxygen atoms in total. The monoisotopic (exact) mass is 344 g/mol. The molecule has 0 aliphatic heterocycles. The summed E-state index contributed by atoms with van der Waals surface area (Å²) in [5, 5.41) is 20.8. The summed E-state index contributed by atoms with van der Waals surface area (Å²) in [7, 11) is -3.84. The molecule has 0 radical (unpaired) electrons. The lowest BCUT2D eigenvalue weighted by molar-refractivity contribution is 0.0696. The lowest BCUT2D eigenvalue weighted by atomic mass is 10.2. The predicted octanol–water partition coefficient (Wildman–Crippen LogP) is 1.65. The number of nitrogens with one attached hydrogen (secondary N) is 2. The first-order chi connectivity index (χ1) is 10.8. The first-order valence-electron chi connectivity index (χ1n) is 7.56. The number of rotatable bonds is 10. The van der Waals surface area contributed by atoms with Crippen LogP contribution in [0.25, 0.3) is 0 Å². The Hall–Kier alpha value is -1.64. The van der Waals surface area contributed by atoms with Crippen molar-refractivity contribution in [2.24, 2.45) is 0 Å². The minimum Gasteiger partial charge on any atom is -0.478 e. The van der Waals surface area contributed by atoms with Crippen LogP contribution in [0.1, 0.15) is 43.5 Å². The van der Waals surface area contributed by atoms with Gasteiger partial charge in [0.2, 0.25) is 10.0 Å². The molecule has 0 aliphatic carbocycles. The number of hydrogen-bond donors (Lipinski definition) is 4. The van der Waals surface area contributed by atoms with Gasteiger partial charge in [-0.25, -0.2) is 17.9 Å². The van der Waals surface area contributed by atoms with E-state index in [0.29, 0.717) is 25.1 Å². The molecule has 23 heavy (non-hydrogen) atoms. The number of aliphatic hydroxyl groups is 1. The molecule has 130 valence electrons. The van der Waals surface area contributed by atoms with Gasteiger partial charge in [-0.05, 0) is 38.0 Å². The third-order valence-electron chi connectivity index (χ3n) is 3.25. The molecule has 0 amide bonds. The Labute approximate surface area is 136 Å². The molecule has 0 aromatic heterocycles. The van der Waals surface area contributed by atoms with Crippen molar-refractivity contribution >= 4 is 21.7 Å². The Morgan fingerprint density at radius 2 is 2.04 bits per heavy atom. The summed E-state index contributed by atoms with van der Waals surface area (Å²) >= 11 is 0. The zero-order valence-corrected chi connectivity index (χ0v) is 14.2. The Bertz CT molecular complexity index is 631. The molecule has 0 spiro atoms. The van der Waals surface area contributed by atoms with Crippen LogP contribution >= 0.6 is 0 Å². The topological polar surface area (TPSA) is 116 Å². The van der Waals surface area contributed by atoms with Crippen molar-refractivity contribution in [1.82, 2.24) is 4.72 Å². The maximum atomic E-state index is 12.6. The molecule has 0 bridgehead atoms. The van der Waals surface area contributed by atoms with Gasteiger partial charge in [0.25, 0.3) is 0 Å². The van der Waals surface area contributed by atoms with Crippen molar-refractivity contribution in [2.45, 2.75) is 44.0 Å². The van der Waals surface area contributed by atoms with Gasteiger partial charge >= 0.3 is 5.97 Å². The molecule has 0 fully saturated rings. The van der Waals surface area contributed by atoms with Crippen LogP contribution in [0.2, 0.25) is 0 Å². The maximum absolute atomic E-state index is 12.6. The quantitative estimate of drug-likeness (QED) is 0.480. The Morgan fingerprint density at radius 1 is 1.35 bits per heavy atom. The minimum absolute atomic E-state index is 0.0198. The van der Waals surface area contributed by atoms with Crippen LogP contribution in [-0.2, 0) is 10.0 Å². The fourth-order valence-electron chi connectivity index (χ4n) is 2.15. The van der Waals surface area contributed by atoms with Crippen LogP contribution in [0, 0.1) is 0 Å². The third kappa shape index (κ3) is 5.81. The second-order valence-corrected chi connectivity index (χ2v) is 7.01. The van der Waals surface area contributed by atoms with E-state index in [1.807, 2.05) is 6.92 Å². The average Bonchev–Trinajstić information content (AvgIpc) is 2.47. The summed E-state index contributed by atoms with van der Waals surface area (Å²) in [6.07, 6.45) is 1.98. The summed E-state index contributed by atoms with van der Waals surface area (Å²) < 4.78 is 27.7. The number of aliphatic hydroxyl groups excluding tert-OH is 1. The molecule has 1 rings (SSSR count). The fourth-order valence-corrected chi connectivity index (χ4v) is 3.63. The predicted molar refractivity (Wildman–Crippen MR) is 88.3 cm³/mol. The van der Waals surface area contributed by atoms with Gasteiger partial charge in [-0.3, -0.25) is 0 Å². The lowest BCUT2D eigenvalue weighted by Gasteiger charge is -2.17. The van der Waals surface area contributed by atoms with E-state index in [1.54, 1.807) is 6.92 Å². The van der Waals surface area contributed by atoms with Gasteiger partial charge in [-0.15, -0.1) is 0 Å². The number of sulfonamides is 1. The standard InChI is InChI=1S/C15H24N2O5S/c1-3-5-11(2)17-23(21,22)14-10-12(15(19)20)6-7-13(14)16-8-4-9-18/h6-7,10-11,16-18H,3-5,8-9H2,1-2H3,(H,19,20)/t11-/m0/s1. The van der Waals surface area contributed by atoms with Gasteiger partial charge in [0.05, 0.1) is 11.3 Å². The highest BCUT2D eigenvalue weighted by atomic mass is 32.2. The van der Waals surface area contributed by atoms with Crippen molar-refractivity contribution < 1.29 is 23.4 Å². The Morgan fingerprint density at radius 3 is 2.61 bits per heavy atom. The summed E-state index contributed by atoms with van der Waals surface area (Å²) in [6, 6.07) is 3.67. The average molecular weight is 344 g/mol. The maximum Gasteiger partial charge on any atom is 0.335 e. The largest absolute Gasteiger partial charge is 0.478 e. The highest BCUT2D eigenvalue weighted by molar-refractivity contribution is 7.89. The normalized spacial score (nSPS) is 12.8. The van der Waals surface area contributed by atoms with Gasteiger partial charge in [-0.1, -0.05) is 13.3 Å². The van der Waals surface area contributed by atoms with Gasteiger partial charge in [0.15, 0.2) is 0 Å². The second-order valence-electron chi connectivity index (χ2n) is 5.33. The summed E-state index contributed by atoms with van der Waals surface area (Å²) in [4.78, 5) is 11.0. The van der Waals surface area contributed by atoms with Crippen molar-refractivity contribution in [3.63, 3.8) is 0 Å². The number of carboxylic acids is 1. The van der Waals surface area contributed by atoms with Crippen molar-refractivity contribution in [3.8, 4) is 0 Å². The summed E-state index contributed by atoms with van der Waals surface area (Å²) in [6.45, 7) is 4.09. The third-order valence-corrected chi connectivity index (χ3v) is 4.88. The minimum atomic E-state index is -3.84. The van der Waals surface area contributed by atoms with Gasteiger partial charge in [0, 0.05) is 19.2 Å². The second kappa shape index (κ2) is 8.85. The smallest absolute Gasteiger partial charge is 0.335 e. The molecule has 1 aromatic rings. The molecule has 1 aromatic carbocycles. The van der Waals surface area contributed by atoms with Crippen LogP contribution in [0.5, 0.6) is 0 Å². The zero-order valence-electron chi connectivity index (χ0n) is 13.4. The fraction of sp³-hybridized carbons (Fsp3) is 0.533. The van der Waals surface area contributed by atoms with Crippen LogP contribution in [0.3, 0.4) is 0 Å². The van der Waals surface area contributed by atoms with E-state index in [4.69, 9.17) is 10.2 Å². The van der Waals surface area contributed by atoms with E-state index in [9.17, 15) is 13.2 Å². The van der Waals surface area contributed by atoms with E-state index >= 15 is 0 Å². The van der Waals surface area contributed by atoms with Gasteiger partial charge in [0.1, 0.15) is 4.90 Å². The van der Waals surface area contributed by atoms with E-state index in [-0.39, 0.29) is 23.1 Å². The molecule has 0 unspecified atom stereocenters. The lowest BCUT2D eigenvalue weighted by Crippen LogP contribution is -2.33. The van der Waals surface area contributed by atoms with E-state index in [2.05, 4.69) is 10.0 Å². The van der Waals surface area contributed by atoms with E-state index in [1.165, 1.54) is 12.1 Å². The number of aromatic carboxylic acids is 1. The molecule has 0 aliphatic rings. The number of benzene rings is 1. The Balaban J connectivity index is 3.16. The molecular weight excluding hydrogens is 320 g/mol. The SMILES string of the molecule is CCC[C@H](C)NS(=O)(=O)c1cc(C(=O)O)ccc1NCCCO. The number of carboxylic acid groups (broad SMARTS) is 1. The molecule has 4 N–H and O–H groups in total. The van der Waals surface area contributed by atoms with Crippen LogP contribution in [0.4, 0.5) is 5.69 Å². The molecule has 0 saturated heterocycles. The highest BCUT2D eigenvalue weighted by Gasteiger charge is 2.22. The molecule has 8 heteroatoms. The highest BCUT2D eigenvalue weighted by Crippen LogP contribution is 2.23. The molecule has 0 saturated carbocycles. The van der Waals surface area contributed by atoms with E-state index < -0.39 is 16.0 Å². The van der Waals surface area contributed by atoms with Gasteiger partial charge in [-0.2, -0.15) is 0 Å².